The number of aliphatic hydroxyl groups excluding tert-OH is 1. The Hall–Kier alpha value is -0.870. The lowest BCUT2D eigenvalue weighted by Crippen LogP contribution is -2.33. The third kappa shape index (κ3) is 4.95. The molecule has 1 atom stereocenters. The highest BCUT2D eigenvalue weighted by Crippen LogP contribution is 2.08. The molecule has 2 N–H and O–H groups in total. The zero-order valence-electron chi connectivity index (χ0n) is 8.90. The van der Waals surface area contributed by atoms with Crippen LogP contribution in [-0.4, -0.2) is 23.7 Å². The summed E-state index contributed by atoms with van der Waals surface area (Å²) in [5.74, 6) is 0.0202. The molecule has 15 heavy (non-hydrogen) atoms. The fraction of sp³-hybridized carbons (Fsp3) is 0.545. The van der Waals surface area contributed by atoms with Gasteiger partial charge >= 0.3 is 0 Å². The number of nitrogens with one attached hydrogen (secondary N) is 1. The molecule has 4 heteroatoms. The number of rotatable bonds is 6. The molecular formula is C11H17NO2S. The minimum absolute atomic E-state index is 0.0202. The Morgan fingerprint density at radius 2 is 2.47 bits per heavy atom. The molecule has 1 amide bonds. The summed E-state index contributed by atoms with van der Waals surface area (Å²) in [4.78, 5) is 11.3. The number of thiophene rings is 1. The van der Waals surface area contributed by atoms with E-state index < -0.39 is 0 Å². The number of carbonyl (C=O) groups excluding carboxylic acids is 1. The second-order valence-electron chi connectivity index (χ2n) is 3.63. The van der Waals surface area contributed by atoms with Crippen LogP contribution in [-0.2, 0) is 11.2 Å². The van der Waals surface area contributed by atoms with Crippen LogP contribution in [0, 0.1) is 0 Å². The van der Waals surface area contributed by atoms with Crippen molar-refractivity contribution in [2.45, 2.75) is 32.2 Å². The Labute approximate surface area is 94.1 Å². The highest BCUT2D eigenvalue weighted by atomic mass is 32.1. The van der Waals surface area contributed by atoms with Crippen LogP contribution in [0.3, 0.4) is 0 Å². The van der Waals surface area contributed by atoms with Crippen LogP contribution in [0.2, 0.25) is 0 Å². The number of hydrogen-bond donors (Lipinski definition) is 2. The maximum Gasteiger partial charge on any atom is 0.220 e. The fourth-order valence-corrected chi connectivity index (χ4v) is 2.08. The molecule has 1 unspecified atom stereocenters. The molecule has 1 aromatic rings. The third-order valence-corrected chi connectivity index (χ3v) is 2.82. The Morgan fingerprint density at radius 3 is 3.07 bits per heavy atom. The van der Waals surface area contributed by atoms with E-state index >= 15 is 0 Å². The van der Waals surface area contributed by atoms with Gasteiger partial charge in [-0.3, -0.25) is 4.79 Å². The number of amides is 1. The Kier molecular flexibility index (Phi) is 5.36. The van der Waals surface area contributed by atoms with Gasteiger partial charge in [-0.2, -0.15) is 11.3 Å². The molecule has 3 nitrogen and oxygen atoms in total. The number of aliphatic hydroxyl groups is 1. The lowest BCUT2D eigenvalue weighted by Gasteiger charge is -2.12. The van der Waals surface area contributed by atoms with Gasteiger partial charge < -0.3 is 10.4 Å². The maximum atomic E-state index is 11.3. The quantitative estimate of drug-likeness (QED) is 0.775. The molecule has 0 saturated heterocycles. The molecule has 0 saturated carbocycles. The van der Waals surface area contributed by atoms with Gasteiger partial charge in [0.1, 0.15) is 0 Å². The van der Waals surface area contributed by atoms with E-state index in [9.17, 15) is 4.79 Å². The maximum absolute atomic E-state index is 11.3. The van der Waals surface area contributed by atoms with Gasteiger partial charge in [-0.1, -0.05) is 0 Å². The average molecular weight is 227 g/mol. The van der Waals surface area contributed by atoms with Crippen LogP contribution < -0.4 is 5.32 Å². The molecule has 0 aliphatic heterocycles. The SMILES string of the molecule is CC(Cc1ccsc1)NC(=O)CCCO. The lowest BCUT2D eigenvalue weighted by atomic mass is 10.1. The minimum Gasteiger partial charge on any atom is -0.396 e. The van der Waals surface area contributed by atoms with Gasteiger partial charge in [-0.15, -0.1) is 0 Å². The molecule has 0 radical (unpaired) electrons. The Bertz CT molecular complexity index is 285. The Morgan fingerprint density at radius 1 is 1.67 bits per heavy atom. The van der Waals surface area contributed by atoms with E-state index in [2.05, 4.69) is 16.8 Å². The Balaban J connectivity index is 2.23. The van der Waals surface area contributed by atoms with Gasteiger partial charge in [0, 0.05) is 19.1 Å². The number of hydrogen-bond acceptors (Lipinski definition) is 3. The van der Waals surface area contributed by atoms with Crippen molar-refractivity contribution in [1.82, 2.24) is 5.32 Å². The smallest absolute Gasteiger partial charge is 0.220 e. The van der Waals surface area contributed by atoms with Crippen molar-refractivity contribution in [2.75, 3.05) is 6.61 Å². The van der Waals surface area contributed by atoms with E-state index in [-0.39, 0.29) is 18.6 Å². The van der Waals surface area contributed by atoms with Crippen molar-refractivity contribution in [3.63, 3.8) is 0 Å². The normalized spacial score (nSPS) is 12.4. The van der Waals surface area contributed by atoms with Gasteiger partial charge in [0.15, 0.2) is 0 Å². The topological polar surface area (TPSA) is 49.3 Å². The van der Waals surface area contributed by atoms with Gasteiger partial charge in [-0.25, -0.2) is 0 Å². The molecule has 1 heterocycles. The highest BCUT2D eigenvalue weighted by Gasteiger charge is 2.07. The van der Waals surface area contributed by atoms with E-state index in [1.165, 1.54) is 5.56 Å². The van der Waals surface area contributed by atoms with E-state index in [0.717, 1.165) is 6.42 Å². The molecular weight excluding hydrogens is 210 g/mol. The van der Waals surface area contributed by atoms with Gasteiger partial charge in [0.25, 0.3) is 0 Å². The second-order valence-corrected chi connectivity index (χ2v) is 4.41. The van der Waals surface area contributed by atoms with Crippen molar-refractivity contribution in [3.8, 4) is 0 Å². The zero-order chi connectivity index (χ0) is 11.1. The van der Waals surface area contributed by atoms with Crippen molar-refractivity contribution < 1.29 is 9.90 Å². The monoisotopic (exact) mass is 227 g/mol. The summed E-state index contributed by atoms with van der Waals surface area (Å²) in [7, 11) is 0. The summed E-state index contributed by atoms with van der Waals surface area (Å²) < 4.78 is 0. The highest BCUT2D eigenvalue weighted by molar-refractivity contribution is 7.07. The van der Waals surface area contributed by atoms with Crippen LogP contribution in [0.5, 0.6) is 0 Å². The predicted molar refractivity (Wildman–Crippen MR) is 61.9 cm³/mol. The van der Waals surface area contributed by atoms with Crippen molar-refractivity contribution in [3.05, 3.63) is 22.4 Å². The average Bonchev–Trinajstić information content (AvgIpc) is 2.67. The van der Waals surface area contributed by atoms with E-state index in [4.69, 9.17) is 5.11 Å². The van der Waals surface area contributed by atoms with Crippen LogP contribution >= 0.6 is 11.3 Å². The van der Waals surface area contributed by atoms with E-state index in [0.29, 0.717) is 12.8 Å². The summed E-state index contributed by atoms with van der Waals surface area (Å²) in [5, 5.41) is 15.6. The zero-order valence-corrected chi connectivity index (χ0v) is 9.72. The summed E-state index contributed by atoms with van der Waals surface area (Å²) in [6.07, 6.45) is 1.82. The van der Waals surface area contributed by atoms with Crippen molar-refractivity contribution in [2.24, 2.45) is 0 Å². The first-order valence-electron chi connectivity index (χ1n) is 5.13. The van der Waals surface area contributed by atoms with Crippen LogP contribution in [0.15, 0.2) is 16.8 Å². The van der Waals surface area contributed by atoms with Crippen molar-refractivity contribution >= 4 is 17.2 Å². The van der Waals surface area contributed by atoms with Gasteiger partial charge in [-0.05, 0) is 42.2 Å². The van der Waals surface area contributed by atoms with Crippen LogP contribution in [0.25, 0.3) is 0 Å². The molecule has 0 aliphatic carbocycles. The van der Waals surface area contributed by atoms with E-state index in [1.54, 1.807) is 11.3 Å². The first-order chi connectivity index (χ1) is 7.22. The molecule has 1 rings (SSSR count). The first kappa shape index (κ1) is 12.2. The molecule has 0 aliphatic rings. The molecule has 0 fully saturated rings. The van der Waals surface area contributed by atoms with E-state index in [1.807, 2.05) is 12.3 Å². The summed E-state index contributed by atoms with van der Waals surface area (Å²) in [6.45, 7) is 2.07. The summed E-state index contributed by atoms with van der Waals surface area (Å²) >= 11 is 1.67. The summed E-state index contributed by atoms with van der Waals surface area (Å²) in [6, 6.07) is 2.23. The standard InChI is InChI=1S/C11H17NO2S/c1-9(7-10-4-6-15-8-10)12-11(14)3-2-5-13/h4,6,8-9,13H,2-3,5,7H2,1H3,(H,12,14). The molecule has 84 valence electrons. The van der Waals surface area contributed by atoms with Crippen LogP contribution in [0.1, 0.15) is 25.3 Å². The molecule has 1 aromatic heterocycles. The molecule has 0 bridgehead atoms. The summed E-state index contributed by atoms with van der Waals surface area (Å²) in [5.41, 5.74) is 1.26. The van der Waals surface area contributed by atoms with Crippen molar-refractivity contribution in [1.29, 1.82) is 0 Å². The lowest BCUT2D eigenvalue weighted by molar-refractivity contribution is -0.121. The number of carbonyl (C=O) groups is 1. The molecule has 0 aromatic carbocycles. The molecule has 0 spiro atoms. The second kappa shape index (κ2) is 6.58. The minimum atomic E-state index is 0.0202. The largest absolute Gasteiger partial charge is 0.396 e. The third-order valence-electron chi connectivity index (χ3n) is 2.09. The predicted octanol–water partition coefficient (Wildman–Crippen LogP) is 1.57. The van der Waals surface area contributed by atoms with Gasteiger partial charge in [0.2, 0.25) is 5.91 Å². The van der Waals surface area contributed by atoms with Gasteiger partial charge in [0.05, 0.1) is 0 Å². The first-order valence-corrected chi connectivity index (χ1v) is 6.08. The fourth-order valence-electron chi connectivity index (χ4n) is 1.40. The van der Waals surface area contributed by atoms with Crippen LogP contribution in [0.4, 0.5) is 0 Å².